The Bertz CT molecular complexity index is 482. The van der Waals surface area contributed by atoms with Crippen LogP contribution >= 0.6 is 12.4 Å². The molecule has 0 saturated carbocycles. The van der Waals surface area contributed by atoms with Crippen molar-refractivity contribution in [1.82, 2.24) is 5.32 Å². The first kappa shape index (κ1) is 17.3. The van der Waals surface area contributed by atoms with E-state index >= 15 is 0 Å². The summed E-state index contributed by atoms with van der Waals surface area (Å²) in [4.78, 5) is 21.9. The molecule has 0 unspecified atom stereocenters. The van der Waals surface area contributed by atoms with Gasteiger partial charge in [-0.05, 0) is 32.0 Å². The summed E-state index contributed by atoms with van der Waals surface area (Å²) >= 11 is 0. The first-order chi connectivity index (χ1) is 8.47. The zero-order valence-electron chi connectivity index (χ0n) is 10.3. The van der Waals surface area contributed by atoms with Gasteiger partial charge in [0.05, 0.1) is 4.92 Å². The summed E-state index contributed by atoms with van der Waals surface area (Å²) in [6.45, 7) is 2.07. The smallest absolute Gasteiger partial charge is 0.285 e. The third-order valence-corrected chi connectivity index (χ3v) is 2.36. The normalized spacial score (nSPS) is 9.63. The minimum Gasteiger partial charge on any atom is -0.352 e. The molecule has 0 saturated heterocycles. The highest BCUT2D eigenvalue weighted by Gasteiger charge is 2.23. The number of nitrogens with one attached hydrogen (secondary N) is 1. The second-order valence-corrected chi connectivity index (χ2v) is 3.77. The first-order valence-corrected chi connectivity index (χ1v) is 5.40. The second-order valence-electron chi connectivity index (χ2n) is 3.77. The van der Waals surface area contributed by atoms with Gasteiger partial charge in [-0.15, -0.1) is 12.4 Å². The lowest BCUT2D eigenvalue weighted by atomic mass is 10.1. The van der Waals surface area contributed by atoms with Gasteiger partial charge in [0, 0.05) is 12.1 Å². The lowest BCUT2D eigenvalue weighted by molar-refractivity contribution is -0.385. The molecule has 1 aromatic carbocycles. The molecule has 1 rings (SSSR count). The Morgan fingerprint density at radius 3 is 2.68 bits per heavy atom. The van der Waals surface area contributed by atoms with Crippen LogP contribution in [-0.2, 0) is 0 Å². The number of carbonyl (C=O) groups is 1. The van der Waals surface area contributed by atoms with Gasteiger partial charge in [-0.3, -0.25) is 14.9 Å². The number of amides is 1. The number of nitrogens with zero attached hydrogens (tertiary/aromatic N) is 1. The lowest BCUT2D eigenvalue weighted by Gasteiger charge is -2.07. The van der Waals surface area contributed by atoms with Crippen molar-refractivity contribution in [2.75, 3.05) is 13.1 Å². The number of nitrogens with two attached hydrogens (primary N) is 1. The quantitative estimate of drug-likeness (QED) is 0.488. The number of rotatable bonds is 5. The van der Waals surface area contributed by atoms with Crippen LogP contribution in [0.4, 0.5) is 10.1 Å². The molecule has 1 aromatic rings. The van der Waals surface area contributed by atoms with Crippen molar-refractivity contribution < 1.29 is 14.1 Å². The molecule has 106 valence electrons. The van der Waals surface area contributed by atoms with Crippen LogP contribution in [0.2, 0.25) is 0 Å². The molecule has 8 heteroatoms. The molecule has 19 heavy (non-hydrogen) atoms. The lowest BCUT2D eigenvalue weighted by Crippen LogP contribution is -2.27. The van der Waals surface area contributed by atoms with E-state index in [0.29, 0.717) is 19.5 Å². The van der Waals surface area contributed by atoms with Crippen molar-refractivity contribution in [3.05, 3.63) is 39.2 Å². The van der Waals surface area contributed by atoms with Crippen LogP contribution in [0.3, 0.4) is 0 Å². The summed E-state index contributed by atoms with van der Waals surface area (Å²) in [5, 5.41) is 13.3. The Hall–Kier alpha value is -1.73. The van der Waals surface area contributed by atoms with Crippen molar-refractivity contribution >= 4 is 24.0 Å². The van der Waals surface area contributed by atoms with E-state index in [1.807, 2.05) is 0 Å². The van der Waals surface area contributed by atoms with E-state index in [-0.39, 0.29) is 29.2 Å². The number of aryl methyl sites for hydroxylation is 1. The minimum atomic E-state index is -0.688. The molecule has 0 aliphatic carbocycles. The van der Waals surface area contributed by atoms with Crippen LogP contribution in [0.1, 0.15) is 22.3 Å². The molecule has 3 N–H and O–H groups in total. The molecule has 0 spiro atoms. The summed E-state index contributed by atoms with van der Waals surface area (Å²) in [6.07, 6.45) is 0.549. The van der Waals surface area contributed by atoms with Gasteiger partial charge in [-0.2, -0.15) is 0 Å². The van der Waals surface area contributed by atoms with Gasteiger partial charge in [0.1, 0.15) is 11.4 Å². The van der Waals surface area contributed by atoms with Gasteiger partial charge in [0.2, 0.25) is 0 Å². The number of hydrogen-bond donors (Lipinski definition) is 2. The molecule has 0 fully saturated rings. The van der Waals surface area contributed by atoms with Gasteiger partial charge >= 0.3 is 0 Å². The number of nitro groups is 1. The Labute approximate surface area is 115 Å². The van der Waals surface area contributed by atoms with Crippen molar-refractivity contribution in [3.63, 3.8) is 0 Å². The zero-order chi connectivity index (χ0) is 13.7. The highest BCUT2D eigenvalue weighted by atomic mass is 35.5. The maximum atomic E-state index is 13.2. The third-order valence-electron chi connectivity index (χ3n) is 2.36. The predicted molar refractivity (Wildman–Crippen MR) is 71.0 cm³/mol. The highest BCUT2D eigenvalue weighted by Crippen LogP contribution is 2.24. The monoisotopic (exact) mass is 291 g/mol. The van der Waals surface area contributed by atoms with Gasteiger partial charge < -0.3 is 11.1 Å². The van der Waals surface area contributed by atoms with Gasteiger partial charge in [-0.25, -0.2) is 4.39 Å². The van der Waals surface area contributed by atoms with Crippen LogP contribution in [0.15, 0.2) is 12.1 Å². The van der Waals surface area contributed by atoms with Gasteiger partial charge in [-0.1, -0.05) is 0 Å². The third kappa shape index (κ3) is 4.46. The number of halogens is 2. The van der Waals surface area contributed by atoms with E-state index in [0.717, 1.165) is 12.1 Å². The fourth-order valence-corrected chi connectivity index (χ4v) is 1.55. The standard InChI is InChI=1S/C11H14FN3O3.ClH/c1-7-5-8(12)6-9(10(7)15(17)18)11(16)14-4-2-3-13;/h5-6H,2-4,13H2,1H3,(H,14,16);1H. The average Bonchev–Trinajstić information content (AvgIpc) is 2.27. The number of nitro benzene ring substituents is 1. The summed E-state index contributed by atoms with van der Waals surface area (Å²) in [5.41, 5.74) is 4.73. The van der Waals surface area contributed by atoms with E-state index in [4.69, 9.17) is 5.73 Å². The fourth-order valence-electron chi connectivity index (χ4n) is 1.55. The van der Waals surface area contributed by atoms with Crippen LogP contribution in [-0.4, -0.2) is 23.9 Å². The molecule has 0 aliphatic heterocycles. The Kier molecular flexibility index (Phi) is 6.95. The summed E-state index contributed by atoms with van der Waals surface area (Å²) in [6, 6.07) is 1.89. The minimum absolute atomic E-state index is 0. The molecular formula is C11H15ClFN3O3. The van der Waals surface area contributed by atoms with Crippen molar-refractivity contribution in [3.8, 4) is 0 Å². The Morgan fingerprint density at radius 1 is 1.53 bits per heavy atom. The van der Waals surface area contributed by atoms with Crippen molar-refractivity contribution in [2.24, 2.45) is 5.73 Å². The van der Waals surface area contributed by atoms with Crippen LogP contribution in [0.25, 0.3) is 0 Å². The number of carbonyl (C=O) groups excluding carboxylic acids is 1. The zero-order valence-corrected chi connectivity index (χ0v) is 11.1. The summed E-state index contributed by atoms with van der Waals surface area (Å²) in [7, 11) is 0. The molecule has 0 atom stereocenters. The molecular weight excluding hydrogens is 277 g/mol. The van der Waals surface area contributed by atoms with E-state index in [1.54, 1.807) is 0 Å². The highest BCUT2D eigenvalue weighted by molar-refractivity contribution is 5.98. The van der Waals surface area contributed by atoms with E-state index < -0.39 is 16.6 Å². The maximum Gasteiger partial charge on any atom is 0.285 e. The summed E-state index contributed by atoms with van der Waals surface area (Å²) < 4.78 is 13.2. The molecule has 0 bridgehead atoms. The van der Waals surface area contributed by atoms with Gasteiger partial charge in [0.15, 0.2) is 0 Å². The van der Waals surface area contributed by atoms with Crippen LogP contribution in [0.5, 0.6) is 0 Å². The number of benzene rings is 1. The van der Waals surface area contributed by atoms with Crippen LogP contribution < -0.4 is 11.1 Å². The summed E-state index contributed by atoms with van der Waals surface area (Å²) in [5.74, 6) is -1.35. The van der Waals surface area contributed by atoms with E-state index in [1.165, 1.54) is 6.92 Å². The van der Waals surface area contributed by atoms with Crippen molar-refractivity contribution in [1.29, 1.82) is 0 Å². The van der Waals surface area contributed by atoms with Crippen molar-refractivity contribution in [2.45, 2.75) is 13.3 Å². The number of hydrogen-bond acceptors (Lipinski definition) is 4. The first-order valence-electron chi connectivity index (χ1n) is 5.40. The maximum absolute atomic E-state index is 13.2. The fraction of sp³-hybridized carbons (Fsp3) is 0.364. The van der Waals surface area contributed by atoms with E-state index in [2.05, 4.69) is 5.32 Å². The van der Waals surface area contributed by atoms with Crippen LogP contribution in [0, 0.1) is 22.9 Å². The van der Waals surface area contributed by atoms with Gasteiger partial charge in [0.25, 0.3) is 11.6 Å². The predicted octanol–water partition coefficient (Wildman–Crippen LogP) is 1.54. The molecule has 0 heterocycles. The second kappa shape index (κ2) is 7.65. The largest absolute Gasteiger partial charge is 0.352 e. The molecule has 0 aliphatic rings. The molecule has 1 amide bonds. The molecule has 6 nitrogen and oxygen atoms in total. The topological polar surface area (TPSA) is 98.3 Å². The molecule has 0 radical (unpaired) electrons. The Morgan fingerprint density at radius 2 is 2.16 bits per heavy atom. The SMILES string of the molecule is Cc1cc(F)cc(C(=O)NCCCN)c1[N+](=O)[O-].Cl. The average molecular weight is 292 g/mol. The molecule has 0 aromatic heterocycles. The Balaban J connectivity index is 0.00000324. The van der Waals surface area contributed by atoms with E-state index in [9.17, 15) is 19.3 Å².